The van der Waals surface area contributed by atoms with Crippen LogP contribution < -0.4 is 0 Å². The minimum Gasteiger partial charge on any atom is -0.338 e. The summed E-state index contributed by atoms with van der Waals surface area (Å²) in [5, 5.41) is 0. The Morgan fingerprint density at radius 3 is 2.31 bits per heavy atom. The molecule has 74 valence electrons. The largest absolute Gasteiger partial charge is 0.338 e. The first-order chi connectivity index (χ1) is 6.11. The average Bonchev–Trinajstić information content (AvgIpc) is 2.15. The van der Waals surface area contributed by atoms with Crippen LogP contribution in [0.25, 0.3) is 0 Å². The van der Waals surface area contributed by atoms with E-state index in [0.29, 0.717) is 11.9 Å². The standard InChI is InChI=1S/C11H19NO/c1-11(2)8-12(10(11)13)9-6-4-3-5-7-9/h9H,3-8H2,1-2H3. The summed E-state index contributed by atoms with van der Waals surface area (Å²) in [7, 11) is 0. The van der Waals surface area contributed by atoms with E-state index in [1.54, 1.807) is 0 Å². The molecule has 0 N–H and O–H groups in total. The highest BCUT2D eigenvalue weighted by atomic mass is 16.2. The van der Waals surface area contributed by atoms with E-state index in [4.69, 9.17) is 0 Å². The summed E-state index contributed by atoms with van der Waals surface area (Å²) in [5.74, 6) is 0.374. The van der Waals surface area contributed by atoms with Crippen LogP contribution >= 0.6 is 0 Å². The minimum atomic E-state index is -0.0581. The zero-order valence-corrected chi connectivity index (χ0v) is 8.68. The molecular formula is C11H19NO. The van der Waals surface area contributed by atoms with Crippen molar-refractivity contribution in [1.82, 2.24) is 4.90 Å². The van der Waals surface area contributed by atoms with E-state index in [0.717, 1.165) is 6.54 Å². The van der Waals surface area contributed by atoms with Crippen LogP contribution in [0.3, 0.4) is 0 Å². The predicted molar refractivity (Wildman–Crippen MR) is 52.4 cm³/mol. The maximum atomic E-state index is 11.7. The van der Waals surface area contributed by atoms with Crippen LogP contribution in [0, 0.1) is 5.41 Å². The lowest BCUT2D eigenvalue weighted by atomic mass is 9.79. The Morgan fingerprint density at radius 2 is 1.85 bits per heavy atom. The van der Waals surface area contributed by atoms with Gasteiger partial charge in [-0.2, -0.15) is 0 Å². The summed E-state index contributed by atoms with van der Waals surface area (Å²) < 4.78 is 0. The molecule has 1 saturated heterocycles. The lowest BCUT2D eigenvalue weighted by Gasteiger charge is -2.49. The van der Waals surface area contributed by atoms with Crippen LogP contribution in [-0.2, 0) is 4.79 Å². The van der Waals surface area contributed by atoms with E-state index >= 15 is 0 Å². The van der Waals surface area contributed by atoms with Crippen LogP contribution in [-0.4, -0.2) is 23.4 Å². The van der Waals surface area contributed by atoms with Gasteiger partial charge in [-0.05, 0) is 26.7 Å². The van der Waals surface area contributed by atoms with Gasteiger partial charge in [0.25, 0.3) is 0 Å². The molecule has 0 unspecified atom stereocenters. The molecule has 1 aliphatic heterocycles. The van der Waals surface area contributed by atoms with Gasteiger partial charge in [-0.3, -0.25) is 4.79 Å². The second-order valence-electron chi connectivity index (χ2n) is 5.11. The number of carbonyl (C=O) groups excluding carboxylic acids is 1. The van der Waals surface area contributed by atoms with E-state index < -0.39 is 0 Å². The molecule has 1 heterocycles. The van der Waals surface area contributed by atoms with Crippen molar-refractivity contribution in [3.05, 3.63) is 0 Å². The fourth-order valence-corrected chi connectivity index (χ4v) is 2.55. The quantitative estimate of drug-likeness (QED) is 0.568. The molecule has 13 heavy (non-hydrogen) atoms. The van der Waals surface area contributed by atoms with Crippen molar-refractivity contribution in [3.63, 3.8) is 0 Å². The molecule has 0 bridgehead atoms. The molecule has 0 atom stereocenters. The molecule has 0 aromatic carbocycles. The molecule has 0 aromatic rings. The van der Waals surface area contributed by atoms with Crippen molar-refractivity contribution in [2.24, 2.45) is 5.41 Å². The van der Waals surface area contributed by atoms with Crippen molar-refractivity contribution in [3.8, 4) is 0 Å². The van der Waals surface area contributed by atoms with E-state index in [-0.39, 0.29) is 5.41 Å². The molecule has 1 amide bonds. The first-order valence-corrected chi connectivity index (χ1v) is 5.42. The highest BCUT2D eigenvalue weighted by Gasteiger charge is 2.46. The monoisotopic (exact) mass is 181 g/mol. The molecule has 2 nitrogen and oxygen atoms in total. The average molecular weight is 181 g/mol. The Morgan fingerprint density at radius 1 is 1.23 bits per heavy atom. The number of hydrogen-bond donors (Lipinski definition) is 0. The Labute approximate surface area is 80.3 Å². The van der Waals surface area contributed by atoms with E-state index in [1.165, 1.54) is 32.1 Å². The summed E-state index contributed by atoms with van der Waals surface area (Å²) >= 11 is 0. The summed E-state index contributed by atoms with van der Waals surface area (Å²) in [6.45, 7) is 5.08. The predicted octanol–water partition coefficient (Wildman–Crippen LogP) is 2.19. The Bertz CT molecular complexity index is 216. The number of nitrogens with zero attached hydrogens (tertiary/aromatic N) is 1. The Balaban J connectivity index is 1.93. The van der Waals surface area contributed by atoms with Gasteiger partial charge in [0.1, 0.15) is 0 Å². The third-order valence-electron chi connectivity index (χ3n) is 3.42. The molecule has 2 rings (SSSR count). The van der Waals surface area contributed by atoms with Crippen molar-refractivity contribution in [1.29, 1.82) is 0 Å². The van der Waals surface area contributed by atoms with Gasteiger partial charge in [0.05, 0.1) is 5.41 Å². The van der Waals surface area contributed by atoms with Gasteiger partial charge in [0, 0.05) is 12.6 Å². The van der Waals surface area contributed by atoms with Gasteiger partial charge in [-0.1, -0.05) is 19.3 Å². The second kappa shape index (κ2) is 3.00. The Kier molecular flexibility index (Phi) is 2.09. The number of amides is 1. The second-order valence-corrected chi connectivity index (χ2v) is 5.11. The van der Waals surface area contributed by atoms with Gasteiger partial charge in [-0.25, -0.2) is 0 Å². The number of likely N-dealkylation sites (tertiary alicyclic amines) is 1. The fourth-order valence-electron chi connectivity index (χ4n) is 2.55. The molecule has 1 aliphatic carbocycles. The highest BCUT2D eigenvalue weighted by Crippen LogP contribution is 2.36. The van der Waals surface area contributed by atoms with E-state index in [2.05, 4.69) is 18.7 Å². The van der Waals surface area contributed by atoms with Gasteiger partial charge in [-0.15, -0.1) is 0 Å². The first kappa shape index (κ1) is 9.04. The molecule has 2 heteroatoms. The maximum absolute atomic E-state index is 11.7. The summed E-state index contributed by atoms with van der Waals surface area (Å²) in [6.07, 6.45) is 6.47. The van der Waals surface area contributed by atoms with Crippen LogP contribution in [0.5, 0.6) is 0 Å². The smallest absolute Gasteiger partial charge is 0.230 e. The zero-order chi connectivity index (χ0) is 9.47. The molecule has 0 radical (unpaired) electrons. The van der Waals surface area contributed by atoms with Gasteiger partial charge in [0.15, 0.2) is 0 Å². The first-order valence-electron chi connectivity index (χ1n) is 5.42. The number of carbonyl (C=O) groups is 1. The number of β-lactam (4-membered cyclic amide) rings is 1. The van der Waals surface area contributed by atoms with Gasteiger partial charge >= 0.3 is 0 Å². The van der Waals surface area contributed by atoms with Crippen molar-refractivity contribution < 1.29 is 4.79 Å². The van der Waals surface area contributed by atoms with Gasteiger partial charge < -0.3 is 4.90 Å². The Hall–Kier alpha value is -0.530. The molecule has 0 aromatic heterocycles. The van der Waals surface area contributed by atoms with Crippen LogP contribution in [0.4, 0.5) is 0 Å². The summed E-state index contributed by atoms with van der Waals surface area (Å²) in [4.78, 5) is 13.8. The summed E-state index contributed by atoms with van der Waals surface area (Å²) in [5.41, 5.74) is -0.0581. The zero-order valence-electron chi connectivity index (χ0n) is 8.68. The van der Waals surface area contributed by atoms with Crippen LogP contribution in [0.1, 0.15) is 46.0 Å². The molecule has 2 fully saturated rings. The topological polar surface area (TPSA) is 20.3 Å². The van der Waals surface area contributed by atoms with E-state index in [1.807, 2.05) is 0 Å². The van der Waals surface area contributed by atoms with E-state index in [9.17, 15) is 4.79 Å². The number of rotatable bonds is 1. The lowest BCUT2D eigenvalue weighted by Crippen LogP contribution is -2.62. The van der Waals surface area contributed by atoms with Crippen molar-refractivity contribution >= 4 is 5.91 Å². The number of hydrogen-bond acceptors (Lipinski definition) is 1. The third-order valence-corrected chi connectivity index (χ3v) is 3.42. The van der Waals surface area contributed by atoms with Gasteiger partial charge in [0.2, 0.25) is 5.91 Å². The molecule has 0 spiro atoms. The van der Waals surface area contributed by atoms with Crippen LogP contribution in [0.2, 0.25) is 0 Å². The maximum Gasteiger partial charge on any atom is 0.230 e. The SMILES string of the molecule is CC1(C)CN(C2CCCCC2)C1=O. The lowest BCUT2D eigenvalue weighted by molar-refractivity contribution is -0.161. The molecular weight excluding hydrogens is 162 g/mol. The van der Waals surface area contributed by atoms with Crippen molar-refractivity contribution in [2.45, 2.75) is 52.0 Å². The van der Waals surface area contributed by atoms with Crippen LogP contribution in [0.15, 0.2) is 0 Å². The fraction of sp³-hybridized carbons (Fsp3) is 0.909. The highest BCUT2D eigenvalue weighted by molar-refractivity contribution is 5.88. The van der Waals surface area contributed by atoms with Crippen molar-refractivity contribution in [2.75, 3.05) is 6.54 Å². The normalized spacial score (nSPS) is 28.8. The minimum absolute atomic E-state index is 0.0581. The molecule has 1 saturated carbocycles. The molecule has 2 aliphatic rings. The third kappa shape index (κ3) is 1.47. The summed E-state index contributed by atoms with van der Waals surface area (Å²) in [6, 6.07) is 0.578.